The third-order valence-corrected chi connectivity index (χ3v) is 3.13. The van der Waals surface area contributed by atoms with Gasteiger partial charge in [0.05, 0.1) is 0 Å². The smallest absolute Gasteiger partial charge is 0.0457 e. The summed E-state index contributed by atoms with van der Waals surface area (Å²) in [4.78, 5) is 3.23. The van der Waals surface area contributed by atoms with Crippen molar-refractivity contribution in [3.63, 3.8) is 0 Å². The molecule has 0 bridgehead atoms. The first-order chi connectivity index (χ1) is 7.81. The normalized spacial score (nSPS) is 13.1. The van der Waals surface area contributed by atoms with E-state index in [1.165, 1.54) is 35.7 Å². The van der Waals surface area contributed by atoms with Crippen molar-refractivity contribution in [3.8, 4) is 0 Å². The Hall–Kier alpha value is -1.28. The van der Waals surface area contributed by atoms with Gasteiger partial charge in [-0.05, 0) is 29.5 Å². The fourth-order valence-corrected chi connectivity index (χ4v) is 2.08. The molecule has 2 rings (SSSR count). The molecule has 0 aliphatic heterocycles. The van der Waals surface area contributed by atoms with E-state index in [1.807, 2.05) is 6.20 Å². The van der Waals surface area contributed by atoms with Crippen LogP contribution in [0.4, 0.5) is 0 Å². The fourth-order valence-electron chi connectivity index (χ4n) is 2.08. The summed E-state index contributed by atoms with van der Waals surface area (Å²) >= 11 is 0. The van der Waals surface area contributed by atoms with Crippen molar-refractivity contribution in [2.24, 2.45) is 5.73 Å². The predicted molar refractivity (Wildman–Crippen MR) is 69.4 cm³/mol. The molecule has 0 aliphatic carbocycles. The van der Waals surface area contributed by atoms with E-state index in [0.29, 0.717) is 0 Å². The van der Waals surface area contributed by atoms with Gasteiger partial charge in [-0.1, -0.05) is 38.3 Å². The summed E-state index contributed by atoms with van der Waals surface area (Å²) in [6.07, 6.45) is 6.80. The van der Waals surface area contributed by atoms with Crippen LogP contribution in [0.25, 0.3) is 10.9 Å². The van der Waals surface area contributed by atoms with Gasteiger partial charge in [0.25, 0.3) is 0 Å². The minimum atomic E-state index is 0.180. The van der Waals surface area contributed by atoms with Gasteiger partial charge >= 0.3 is 0 Å². The van der Waals surface area contributed by atoms with E-state index in [-0.39, 0.29) is 6.04 Å². The summed E-state index contributed by atoms with van der Waals surface area (Å²) in [5, 5.41) is 1.25. The standard InChI is InChI=1S/C14H20N2/c1-2-3-4-5-13(15)12-7-6-11-8-9-16-14(11)10-12/h6-10,13,16H,2-5,15H2,1H3/t13-/m1/s1. The van der Waals surface area contributed by atoms with E-state index in [4.69, 9.17) is 5.73 Å². The maximum Gasteiger partial charge on any atom is 0.0457 e. The Labute approximate surface area is 96.9 Å². The lowest BCUT2D eigenvalue weighted by molar-refractivity contribution is 0.581. The van der Waals surface area contributed by atoms with Crippen molar-refractivity contribution in [2.75, 3.05) is 0 Å². The largest absolute Gasteiger partial charge is 0.361 e. The second-order valence-corrected chi connectivity index (χ2v) is 4.43. The van der Waals surface area contributed by atoms with Crippen molar-refractivity contribution < 1.29 is 0 Å². The van der Waals surface area contributed by atoms with Gasteiger partial charge in [0.15, 0.2) is 0 Å². The van der Waals surface area contributed by atoms with Crippen molar-refractivity contribution in [1.29, 1.82) is 0 Å². The van der Waals surface area contributed by atoms with Crippen LogP contribution in [0.1, 0.15) is 44.2 Å². The lowest BCUT2D eigenvalue weighted by atomic mass is 10.0. The van der Waals surface area contributed by atoms with E-state index in [1.54, 1.807) is 0 Å². The molecule has 0 amide bonds. The Morgan fingerprint density at radius 1 is 1.25 bits per heavy atom. The van der Waals surface area contributed by atoms with E-state index in [2.05, 4.69) is 36.2 Å². The molecular formula is C14H20N2. The van der Waals surface area contributed by atoms with Gasteiger partial charge in [0.2, 0.25) is 0 Å². The van der Waals surface area contributed by atoms with Gasteiger partial charge in [0.1, 0.15) is 0 Å². The van der Waals surface area contributed by atoms with E-state index >= 15 is 0 Å². The van der Waals surface area contributed by atoms with Crippen LogP contribution in [0.2, 0.25) is 0 Å². The van der Waals surface area contributed by atoms with E-state index in [0.717, 1.165) is 6.42 Å². The van der Waals surface area contributed by atoms with Gasteiger partial charge in [-0.15, -0.1) is 0 Å². The highest BCUT2D eigenvalue weighted by atomic mass is 14.7. The number of nitrogens with two attached hydrogens (primary N) is 1. The van der Waals surface area contributed by atoms with Crippen LogP contribution in [-0.4, -0.2) is 4.98 Å². The number of hydrogen-bond donors (Lipinski definition) is 2. The zero-order chi connectivity index (χ0) is 11.4. The van der Waals surface area contributed by atoms with Crippen molar-refractivity contribution >= 4 is 10.9 Å². The SMILES string of the molecule is CCCCC[C@@H](N)c1ccc2cc[nH]c2c1. The van der Waals surface area contributed by atoms with Gasteiger partial charge in [-0.25, -0.2) is 0 Å². The number of aromatic amines is 1. The average molecular weight is 216 g/mol. The maximum atomic E-state index is 6.18. The number of H-pyrrole nitrogens is 1. The molecule has 0 saturated heterocycles. The molecule has 2 nitrogen and oxygen atoms in total. The van der Waals surface area contributed by atoms with Crippen LogP contribution in [0.3, 0.4) is 0 Å². The summed E-state index contributed by atoms with van der Waals surface area (Å²) in [6.45, 7) is 2.22. The van der Waals surface area contributed by atoms with Gasteiger partial charge < -0.3 is 10.7 Å². The zero-order valence-corrected chi connectivity index (χ0v) is 9.87. The molecule has 0 fully saturated rings. The monoisotopic (exact) mass is 216 g/mol. The predicted octanol–water partition coefficient (Wildman–Crippen LogP) is 3.75. The molecule has 0 spiro atoms. The molecule has 0 saturated carbocycles. The Morgan fingerprint density at radius 2 is 2.12 bits per heavy atom. The van der Waals surface area contributed by atoms with Crippen LogP contribution in [0.15, 0.2) is 30.5 Å². The number of hydrogen-bond acceptors (Lipinski definition) is 1. The molecule has 2 heteroatoms. The highest BCUT2D eigenvalue weighted by molar-refractivity contribution is 5.79. The molecule has 0 radical (unpaired) electrons. The second-order valence-electron chi connectivity index (χ2n) is 4.43. The molecule has 1 aromatic heterocycles. The molecule has 0 aliphatic rings. The minimum absolute atomic E-state index is 0.180. The van der Waals surface area contributed by atoms with Crippen LogP contribution < -0.4 is 5.73 Å². The van der Waals surface area contributed by atoms with Gasteiger partial charge in [0, 0.05) is 17.8 Å². The Balaban J connectivity index is 2.07. The molecule has 3 N–H and O–H groups in total. The molecule has 86 valence electrons. The molecule has 16 heavy (non-hydrogen) atoms. The zero-order valence-electron chi connectivity index (χ0n) is 9.87. The van der Waals surface area contributed by atoms with Crippen LogP contribution in [-0.2, 0) is 0 Å². The Bertz CT molecular complexity index is 445. The lowest BCUT2D eigenvalue weighted by Gasteiger charge is -2.11. The molecule has 0 unspecified atom stereocenters. The first-order valence-electron chi connectivity index (χ1n) is 6.14. The third-order valence-electron chi connectivity index (χ3n) is 3.13. The number of fused-ring (bicyclic) bond motifs is 1. The topological polar surface area (TPSA) is 41.8 Å². The highest BCUT2D eigenvalue weighted by Crippen LogP contribution is 2.21. The maximum absolute atomic E-state index is 6.18. The molecular weight excluding hydrogens is 196 g/mol. The summed E-state index contributed by atoms with van der Waals surface area (Å²) < 4.78 is 0. The molecule has 1 aromatic carbocycles. The third kappa shape index (κ3) is 2.45. The number of unbranched alkanes of at least 4 members (excludes halogenated alkanes) is 2. The first kappa shape index (κ1) is 11.2. The van der Waals surface area contributed by atoms with Crippen molar-refractivity contribution in [3.05, 3.63) is 36.0 Å². The Morgan fingerprint density at radius 3 is 2.94 bits per heavy atom. The van der Waals surface area contributed by atoms with Crippen molar-refractivity contribution in [2.45, 2.75) is 38.6 Å². The van der Waals surface area contributed by atoms with Gasteiger partial charge in [-0.3, -0.25) is 0 Å². The van der Waals surface area contributed by atoms with Crippen molar-refractivity contribution in [1.82, 2.24) is 4.98 Å². The van der Waals surface area contributed by atoms with E-state index in [9.17, 15) is 0 Å². The van der Waals surface area contributed by atoms with Crippen LogP contribution >= 0.6 is 0 Å². The lowest BCUT2D eigenvalue weighted by Crippen LogP contribution is -2.09. The molecule has 1 heterocycles. The summed E-state index contributed by atoms with van der Waals surface area (Å²) in [5.41, 5.74) is 8.61. The van der Waals surface area contributed by atoms with Crippen LogP contribution in [0.5, 0.6) is 0 Å². The minimum Gasteiger partial charge on any atom is -0.361 e. The first-order valence-corrected chi connectivity index (χ1v) is 6.14. The average Bonchev–Trinajstić information content (AvgIpc) is 2.76. The fraction of sp³-hybridized carbons (Fsp3) is 0.429. The summed E-state index contributed by atoms with van der Waals surface area (Å²) in [7, 11) is 0. The van der Waals surface area contributed by atoms with E-state index < -0.39 is 0 Å². The molecule has 2 aromatic rings. The quantitative estimate of drug-likeness (QED) is 0.734. The second kappa shape index (κ2) is 5.17. The number of nitrogens with one attached hydrogen (secondary N) is 1. The number of rotatable bonds is 5. The van der Waals surface area contributed by atoms with Gasteiger partial charge in [-0.2, -0.15) is 0 Å². The molecule has 1 atom stereocenters. The highest BCUT2D eigenvalue weighted by Gasteiger charge is 2.06. The Kier molecular flexibility index (Phi) is 3.62. The summed E-state index contributed by atoms with van der Waals surface area (Å²) in [6, 6.07) is 8.72. The number of aromatic nitrogens is 1. The van der Waals surface area contributed by atoms with Crippen LogP contribution in [0, 0.1) is 0 Å². The number of benzene rings is 1. The summed E-state index contributed by atoms with van der Waals surface area (Å²) in [5.74, 6) is 0.